The Kier molecular flexibility index (Phi) is 5.11. The van der Waals surface area contributed by atoms with Crippen molar-refractivity contribution in [3.63, 3.8) is 0 Å². The Hall–Kier alpha value is -3.20. The molecule has 1 spiro atoms. The van der Waals surface area contributed by atoms with Gasteiger partial charge in [0.1, 0.15) is 6.67 Å². The second-order valence-corrected chi connectivity index (χ2v) is 9.18. The van der Waals surface area contributed by atoms with E-state index in [9.17, 15) is 53.9 Å². The number of halogens is 9. The molecule has 5 rings (SSSR count). The molecular formula is C22H15F9N3O3+. The quantitative estimate of drug-likeness (QED) is 0.325. The van der Waals surface area contributed by atoms with Crippen LogP contribution in [0.1, 0.15) is 0 Å². The second-order valence-electron chi connectivity index (χ2n) is 9.18. The summed E-state index contributed by atoms with van der Waals surface area (Å²) in [5.41, 5.74) is 0.0142. The number of piperazine rings is 1. The number of hydrogen-bond donors (Lipinski definition) is 0. The van der Waals surface area contributed by atoms with E-state index in [2.05, 4.69) is 0 Å². The lowest BCUT2D eigenvalue weighted by atomic mass is 9.93. The van der Waals surface area contributed by atoms with Crippen LogP contribution in [0.25, 0.3) is 10.8 Å². The largest absolute Gasteiger partial charge is 0.460 e. The van der Waals surface area contributed by atoms with Crippen LogP contribution < -0.4 is 4.90 Å². The van der Waals surface area contributed by atoms with E-state index in [0.29, 0.717) is 15.7 Å². The average molecular weight is 540 g/mol. The Morgan fingerprint density at radius 2 is 1.46 bits per heavy atom. The standard InChI is InChI=1S/C22H15F9N3O3/c23-19(24,20(25,26)21(27,28)22(29,30)31)16(35)14-8-32-9-15-17(36)33(18(37)34(14,15)10-32)13-7-3-5-11-4-1-2-6-12(11)13/h1-7,14-15H,8-10H2/q+1. The number of rotatable bonds is 5. The fourth-order valence-corrected chi connectivity index (χ4v) is 5.40. The predicted molar refractivity (Wildman–Crippen MR) is 107 cm³/mol. The molecule has 3 saturated heterocycles. The van der Waals surface area contributed by atoms with E-state index in [0.717, 1.165) is 4.90 Å². The Morgan fingerprint density at radius 1 is 0.838 bits per heavy atom. The second kappa shape index (κ2) is 7.43. The van der Waals surface area contributed by atoms with Crippen molar-refractivity contribution in [2.45, 2.75) is 36.0 Å². The molecule has 37 heavy (non-hydrogen) atoms. The molecule has 3 aliphatic heterocycles. The first kappa shape index (κ1) is 25.4. The molecule has 0 aliphatic carbocycles. The minimum Gasteiger partial charge on any atom is -0.286 e. The third-order valence-corrected chi connectivity index (χ3v) is 7.23. The zero-order valence-electron chi connectivity index (χ0n) is 18.3. The number of imide groups is 1. The maximum absolute atomic E-state index is 14.6. The number of nitrogens with zero attached hydrogens (tertiary/aromatic N) is 3. The van der Waals surface area contributed by atoms with Gasteiger partial charge < -0.3 is 0 Å². The van der Waals surface area contributed by atoms with Crippen LogP contribution in [0.5, 0.6) is 0 Å². The molecule has 2 aromatic carbocycles. The highest BCUT2D eigenvalue weighted by atomic mass is 19.4. The van der Waals surface area contributed by atoms with Gasteiger partial charge in [-0.1, -0.05) is 36.4 Å². The van der Waals surface area contributed by atoms with Gasteiger partial charge in [0.05, 0.1) is 18.8 Å². The molecule has 3 heterocycles. The topological polar surface area (TPSA) is 57.7 Å². The molecular weight excluding hydrogens is 525 g/mol. The SMILES string of the molecule is O=C1C2CN3CC(C(=O)C(F)(F)C(F)(F)C(F)(F)C(F)(F)F)[N+]2(C3)C(=O)N1c1cccc2ccccc12. The van der Waals surface area contributed by atoms with Gasteiger partial charge in [-0.2, -0.15) is 44.4 Å². The molecule has 198 valence electrons. The number of amides is 3. The summed E-state index contributed by atoms with van der Waals surface area (Å²) in [5.74, 6) is -24.9. The van der Waals surface area contributed by atoms with Crippen LogP contribution in [0.2, 0.25) is 0 Å². The summed E-state index contributed by atoms with van der Waals surface area (Å²) in [4.78, 5) is 41.3. The van der Waals surface area contributed by atoms with Crippen molar-refractivity contribution in [2.24, 2.45) is 0 Å². The highest BCUT2D eigenvalue weighted by Gasteiger charge is 2.86. The molecule has 3 aliphatic rings. The highest BCUT2D eigenvalue weighted by molar-refractivity contribution is 6.22. The van der Waals surface area contributed by atoms with Crippen LogP contribution in [-0.2, 0) is 9.59 Å². The molecule has 0 radical (unpaired) electrons. The van der Waals surface area contributed by atoms with Gasteiger partial charge in [-0.3, -0.25) is 9.59 Å². The van der Waals surface area contributed by atoms with Gasteiger partial charge in [0.2, 0.25) is 0 Å². The van der Waals surface area contributed by atoms with Crippen molar-refractivity contribution in [3.8, 4) is 0 Å². The maximum atomic E-state index is 14.6. The highest BCUT2D eigenvalue weighted by Crippen LogP contribution is 2.55. The van der Waals surface area contributed by atoms with E-state index in [1.54, 1.807) is 30.3 Å². The monoisotopic (exact) mass is 540 g/mol. The lowest BCUT2D eigenvalue weighted by Gasteiger charge is -2.37. The molecule has 15 heteroatoms. The van der Waals surface area contributed by atoms with Gasteiger partial charge in [0.25, 0.3) is 11.7 Å². The summed E-state index contributed by atoms with van der Waals surface area (Å²) in [6.07, 6.45) is -7.10. The number of carbonyl (C=O) groups is 3. The molecule has 2 aromatic rings. The molecule has 0 aromatic heterocycles. The number of quaternary nitrogens is 1. The van der Waals surface area contributed by atoms with E-state index in [4.69, 9.17) is 0 Å². The first-order valence-corrected chi connectivity index (χ1v) is 10.7. The van der Waals surface area contributed by atoms with Gasteiger partial charge in [-0.25, -0.2) is 14.2 Å². The molecule has 0 N–H and O–H groups in total. The summed E-state index contributed by atoms with van der Waals surface area (Å²) >= 11 is 0. The van der Waals surface area contributed by atoms with Crippen molar-refractivity contribution in [2.75, 3.05) is 24.7 Å². The number of fused-ring (bicyclic) bond motifs is 2. The number of hydrogen-bond acceptors (Lipinski definition) is 4. The van der Waals surface area contributed by atoms with Crippen molar-refractivity contribution in [1.82, 2.24) is 4.90 Å². The summed E-state index contributed by atoms with van der Waals surface area (Å²) in [7, 11) is 0. The normalized spacial score (nSPS) is 28.4. The smallest absolute Gasteiger partial charge is 0.286 e. The number of ketones is 1. The zero-order valence-corrected chi connectivity index (χ0v) is 18.3. The van der Waals surface area contributed by atoms with Crippen molar-refractivity contribution in [1.29, 1.82) is 0 Å². The lowest BCUT2D eigenvalue weighted by molar-refractivity contribution is -0.853. The Bertz CT molecular complexity index is 1340. The summed E-state index contributed by atoms with van der Waals surface area (Å²) < 4.78 is 120. The Balaban J connectivity index is 1.57. The molecule has 3 fully saturated rings. The summed E-state index contributed by atoms with van der Waals surface area (Å²) in [5, 5.41) is 0.954. The van der Waals surface area contributed by atoms with Crippen LogP contribution in [0, 0.1) is 0 Å². The number of Topliss-reactive ketones (excluding diaryl/α,β-unsaturated/α-hetero) is 1. The van der Waals surface area contributed by atoms with E-state index in [1.807, 2.05) is 0 Å². The van der Waals surface area contributed by atoms with Crippen molar-refractivity contribution in [3.05, 3.63) is 42.5 Å². The molecule has 3 amide bonds. The first-order chi connectivity index (χ1) is 17.0. The molecule has 4 unspecified atom stereocenters. The zero-order chi connectivity index (χ0) is 27.3. The Labute approximate surface area is 201 Å². The van der Waals surface area contributed by atoms with Gasteiger partial charge in [-0.05, 0) is 11.5 Å². The van der Waals surface area contributed by atoms with Crippen molar-refractivity contribution < 1.29 is 58.4 Å². The number of anilines is 1. The molecule has 4 atom stereocenters. The fraction of sp³-hybridized carbons (Fsp3) is 0.409. The van der Waals surface area contributed by atoms with Gasteiger partial charge in [0.15, 0.2) is 12.1 Å². The van der Waals surface area contributed by atoms with Crippen molar-refractivity contribution >= 4 is 34.2 Å². The van der Waals surface area contributed by atoms with Gasteiger partial charge in [0, 0.05) is 5.39 Å². The van der Waals surface area contributed by atoms with E-state index >= 15 is 0 Å². The van der Waals surface area contributed by atoms with E-state index < -0.39 is 71.4 Å². The third kappa shape index (κ3) is 3.00. The number of benzene rings is 2. The number of alkyl halides is 9. The number of urea groups is 1. The third-order valence-electron chi connectivity index (χ3n) is 7.23. The van der Waals surface area contributed by atoms with Crippen LogP contribution in [0.15, 0.2) is 42.5 Å². The van der Waals surface area contributed by atoms with Crippen LogP contribution in [0.4, 0.5) is 50.0 Å². The van der Waals surface area contributed by atoms with Gasteiger partial charge >= 0.3 is 30.0 Å². The maximum Gasteiger partial charge on any atom is 0.460 e. The molecule has 2 bridgehead atoms. The van der Waals surface area contributed by atoms with E-state index in [1.165, 1.54) is 12.1 Å². The summed E-state index contributed by atoms with van der Waals surface area (Å²) in [6.45, 7) is -1.62. The Morgan fingerprint density at radius 3 is 2.11 bits per heavy atom. The molecule has 0 saturated carbocycles. The average Bonchev–Trinajstić information content (AvgIpc) is 3.45. The fourth-order valence-electron chi connectivity index (χ4n) is 5.40. The van der Waals surface area contributed by atoms with Crippen LogP contribution in [0.3, 0.4) is 0 Å². The van der Waals surface area contributed by atoms with Gasteiger partial charge in [-0.15, -0.1) is 0 Å². The minimum absolute atomic E-state index is 0.0142. The number of carbonyl (C=O) groups excluding carboxylic acids is 3. The van der Waals surface area contributed by atoms with E-state index in [-0.39, 0.29) is 12.2 Å². The van der Waals surface area contributed by atoms with Crippen LogP contribution in [-0.4, -0.2) is 82.9 Å². The lowest BCUT2D eigenvalue weighted by Crippen LogP contribution is -2.70. The summed E-state index contributed by atoms with van der Waals surface area (Å²) in [6, 6.07) is 5.65. The predicted octanol–water partition coefficient (Wildman–Crippen LogP) is 4.18. The van der Waals surface area contributed by atoms with Crippen LogP contribution >= 0.6 is 0 Å². The first-order valence-electron chi connectivity index (χ1n) is 10.7. The minimum atomic E-state index is -7.26. The molecule has 6 nitrogen and oxygen atoms in total.